The molecule has 2 bridgehead atoms. The molecule has 72 heavy (non-hydrogen) atoms. The Morgan fingerprint density at radius 1 is 0.944 bits per heavy atom. The largest absolute Gasteiger partial charge is 0.496 e. The van der Waals surface area contributed by atoms with Gasteiger partial charge in [-0.2, -0.15) is 0 Å². The number of ketones is 1. The van der Waals surface area contributed by atoms with Crippen molar-refractivity contribution in [2.75, 3.05) is 65.5 Å². The van der Waals surface area contributed by atoms with Crippen LogP contribution in [0.4, 0.5) is 5.69 Å². The molecular weight excluding hydrogens is 940 g/mol. The molecule has 10 rings (SSSR count). The number of hydrogen-bond donors (Lipinski definition) is 3. The first-order chi connectivity index (χ1) is 34.5. The molecule has 1 spiro atoms. The number of para-hydroxylation sites is 1. The number of carbonyl (C=O) groups is 5. The Morgan fingerprint density at radius 3 is 2.38 bits per heavy atom. The number of piperidine rings is 1. The minimum absolute atomic E-state index is 0.0998. The second kappa shape index (κ2) is 18.0. The molecule has 0 unspecified atom stereocenters. The highest BCUT2D eigenvalue weighted by Crippen LogP contribution is 2.68. The third kappa shape index (κ3) is 7.15. The summed E-state index contributed by atoms with van der Waals surface area (Å²) < 4.78 is 24.2. The van der Waals surface area contributed by atoms with Crippen LogP contribution in [0.3, 0.4) is 0 Å². The van der Waals surface area contributed by atoms with Gasteiger partial charge in [0.1, 0.15) is 29.9 Å². The summed E-state index contributed by atoms with van der Waals surface area (Å²) in [4.78, 5) is 79.0. The molecule has 10 atom stereocenters. The van der Waals surface area contributed by atoms with Crippen molar-refractivity contribution in [2.24, 2.45) is 11.3 Å². The average molecular weight is 1000 g/mol. The fourth-order valence-corrected chi connectivity index (χ4v) is 15.3. The number of fused-ring (bicyclic) bond motifs is 6. The highest BCUT2D eigenvalue weighted by Gasteiger charge is 2.81. The number of esters is 3. The van der Waals surface area contributed by atoms with E-state index in [1.807, 2.05) is 68.5 Å². The summed E-state index contributed by atoms with van der Waals surface area (Å²) in [7, 11) is 4.02. The number of nitrogens with zero attached hydrogens (tertiary/aromatic N) is 3. The average Bonchev–Trinajstić information content (AvgIpc) is 4.05. The van der Waals surface area contributed by atoms with Crippen molar-refractivity contribution in [3.63, 3.8) is 0 Å². The lowest BCUT2D eigenvalue weighted by Crippen LogP contribution is -2.81. The third-order valence-electron chi connectivity index (χ3n) is 17.7. The first kappa shape index (κ1) is 49.7. The molecular formula is C56H64ClN4O11+. The highest BCUT2D eigenvalue weighted by molar-refractivity contribution is 6.30. The van der Waals surface area contributed by atoms with Gasteiger partial charge in [0.2, 0.25) is 17.8 Å². The van der Waals surface area contributed by atoms with Gasteiger partial charge in [0.15, 0.2) is 6.10 Å². The zero-order valence-electron chi connectivity index (χ0n) is 41.7. The zero-order valence-corrected chi connectivity index (χ0v) is 42.5. The number of methoxy groups -OCH3 is 3. The number of aromatic nitrogens is 1. The van der Waals surface area contributed by atoms with Crippen LogP contribution in [-0.4, -0.2) is 145 Å². The quantitative estimate of drug-likeness (QED) is 0.0378. The normalized spacial score (nSPS) is 33.4. The van der Waals surface area contributed by atoms with Gasteiger partial charge in [-0.05, 0) is 85.7 Å². The fraction of sp³-hybridized carbons (Fsp3) is 0.482. The summed E-state index contributed by atoms with van der Waals surface area (Å²) in [6.07, 6.45) is 8.43. The van der Waals surface area contributed by atoms with Crippen molar-refractivity contribution in [1.82, 2.24) is 9.88 Å². The molecule has 6 heterocycles. The van der Waals surface area contributed by atoms with E-state index in [9.17, 15) is 29.4 Å². The van der Waals surface area contributed by atoms with Crippen LogP contribution in [0.5, 0.6) is 5.75 Å². The minimum Gasteiger partial charge on any atom is -0.496 e. The number of aliphatic hydroxyl groups is 2. The minimum atomic E-state index is -2.59. The van der Waals surface area contributed by atoms with Crippen LogP contribution in [0, 0.1) is 11.3 Å². The van der Waals surface area contributed by atoms with E-state index in [0.717, 1.165) is 29.1 Å². The Bertz CT molecular complexity index is 2940. The molecule has 1 amide bonds. The number of ether oxygens (including phenoxy) is 4. The van der Waals surface area contributed by atoms with E-state index in [2.05, 4.69) is 9.88 Å². The number of amides is 1. The van der Waals surface area contributed by atoms with Gasteiger partial charge < -0.3 is 43.5 Å². The molecule has 3 fully saturated rings. The number of aromatic amines is 1. The Kier molecular flexibility index (Phi) is 12.4. The predicted molar refractivity (Wildman–Crippen MR) is 269 cm³/mol. The Balaban J connectivity index is 1.22. The third-order valence-corrected chi connectivity index (χ3v) is 18.0. The number of benzene rings is 3. The van der Waals surface area contributed by atoms with Gasteiger partial charge in [0, 0.05) is 75.9 Å². The van der Waals surface area contributed by atoms with Crippen LogP contribution in [0.25, 0.3) is 17.0 Å². The summed E-state index contributed by atoms with van der Waals surface area (Å²) in [6, 6.07) is 16.9. The number of nitrogens with one attached hydrogen (secondary N) is 1. The molecule has 0 radical (unpaired) electrons. The lowest BCUT2D eigenvalue weighted by Gasteiger charge is -2.63. The van der Waals surface area contributed by atoms with Crippen LogP contribution < -0.4 is 9.64 Å². The summed E-state index contributed by atoms with van der Waals surface area (Å²) in [5.41, 5.74) is -3.35. The maximum absolute atomic E-state index is 15.8. The van der Waals surface area contributed by atoms with Gasteiger partial charge >= 0.3 is 17.9 Å². The number of hydrogen-bond acceptors (Lipinski definition) is 12. The van der Waals surface area contributed by atoms with Gasteiger partial charge in [0.25, 0.3) is 0 Å². The Morgan fingerprint density at radius 2 is 1.69 bits per heavy atom. The number of quaternary nitrogens is 1. The van der Waals surface area contributed by atoms with Crippen LogP contribution >= 0.6 is 11.6 Å². The van der Waals surface area contributed by atoms with Gasteiger partial charge in [0.05, 0.1) is 46.1 Å². The molecule has 380 valence electrons. The maximum Gasteiger partial charge on any atom is 0.344 e. The fourth-order valence-electron chi connectivity index (χ4n) is 15.2. The van der Waals surface area contributed by atoms with E-state index in [0.29, 0.717) is 98.8 Å². The molecule has 3 N–H and O–H groups in total. The number of carbonyl (C=O) groups excluding carboxylic acids is 5. The number of halogens is 1. The van der Waals surface area contributed by atoms with Crippen LogP contribution in [0.1, 0.15) is 80.8 Å². The standard InChI is InChI=1S/C56H64ClN4O11/c1-7-52(67)28-36-29-55(50(65)70-5,46-40(39-12-9-10-13-43(39)58-46)20-25-61(30-36,32-52)31-38(64)19-16-35-14-17-37(57)18-15-35)42-26-41-44(27-45(42)69-4)60(33-62)48-54(41)22-24-59-23-11-21-53(8-2,47(54)59)49(72-34(3)63)56(48,68)51(66)71-6/h9-19,21,26-27,33,36,47-49,58,67-68H,7-8,20,22-25,28-32H2,1-6H3/q+1/b19-16+/t36-,47+,48-,49-,52+,53-,54-,55+,56+,61-/m1/s1. The Labute approximate surface area is 424 Å². The van der Waals surface area contributed by atoms with Crippen molar-refractivity contribution in [1.29, 1.82) is 0 Å². The summed E-state index contributed by atoms with van der Waals surface area (Å²) in [5, 5.41) is 27.6. The first-order valence-electron chi connectivity index (χ1n) is 25.1. The molecule has 16 heteroatoms. The predicted octanol–water partition coefficient (Wildman–Crippen LogP) is 5.97. The molecule has 15 nitrogen and oxygen atoms in total. The van der Waals surface area contributed by atoms with E-state index in [1.165, 1.54) is 26.0 Å². The lowest BCUT2D eigenvalue weighted by atomic mass is 9.47. The zero-order chi connectivity index (χ0) is 51.2. The van der Waals surface area contributed by atoms with E-state index in [4.69, 9.17) is 30.5 Å². The van der Waals surface area contributed by atoms with Crippen LogP contribution in [0.2, 0.25) is 5.02 Å². The monoisotopic (exact) mass is 1000 g/mol. The number of rotatable bonds is 12. The van der Waals surface area contributed by atoms with Crippen LogP contribution in [0.15, 0.2) is 78.9 Å². The molecule has 1 saturated carbocycles. The number of H-pyrrole nitrogens is 1. The highest BCUT2D eigenvalue weighted by atomic mass is 35.5. The first-order valence-corrected chi connectivity index (χ1v) is 25.4. The molecule has 5 aliphatic heterocycles. The maximum atomic E-state index is 15.8. The molecule has 1 aromatic heterocycles. The van der Waals surface area contributed by atoms with E-state index >= 15 is 4.79 Å². The van der Waals surface area contributed by atoms with Crippen molar-refractivity contribution in [2.45, 2.75) is 99.5 Å². The smallest absolute Gasteiger partial charge is 0.344 e. The Hall–Kier alpha value is -5.84. The van der Waals surface area contributed by atoms with Gasteiger partial charge in [-0.15, -0.1) is 0 Å². The van der Waals surface area contributed by atoms with E-state index in [-0.39, 0.29) is 34.9 Å². The second-order valence-electron chi connectivity index (χ2n) is 21.3. The summed E-state index contributed by atoms with van der Waals surface area (Å²) in [5.74, 6) is -2.58. The second-order valence-corrected chi connectivity index (χ2v) is 21.7. The van der Waals surface area contributed by atoms with E-state index < -0.39 is 63.5 Å². The summed E-state index contributed by atoms with van der Waals surface area (Å²) >= 11 is 6.16. The van der Waals surface area contributed by atoms with Crippen molar-refractivity contribution in [3.05, 3.63) is 112 Å². The van der Waals surface area contributed by atoms with Crippen molar-refractivity contribution >= 4 is 64.4 Å². The molecule has 2 saturated heterocycles. The van der Waals surface area contributed by atoms with Gasteiger partial charge in [-0.1, -0.05) is 74.0 Å². The van der Waals surface area contributed by atoms with Crippen LogP contribution in [-0.2, 0) is 55.4 Å². The van der Waals surface area contributed by atoms with E-state index in [1.54, 1.807) is 30.4 Å². The van der Waals surface area contributed by atoms with Crippen molar-refractivity contribution < 1.29 is 57.6 Å². The lowest BCUT2D eigenvalue weighted by molar-refractivity contribution is -0.935. The summed E-state index contributed by atoms with van der Waals surface area (Å²) in [6.45, 7) is 7.54. The van der Waals surface area contributed by atoms with Gasteiger partial charge in [-0.25, -0.2) is 4.79 Å². The number of anilines is 1. The molecule has 4 aromatic rings. The molecule has 3 aromatic carbocycles. The SMILES string of the molecule is CC[C@]1(O)C[C@@H]2C[C@](C(=O)OC)(c3cc4c(cc3OC)N(C=O)[C@H]3[C@@](O)(C(=O)OC)[C@H](OC(C)=O)[C@]5(CC)C=CCN6CC[C@]43[C@@H]65)c3[nH]c4ccccc4c3CC[N@+](CC(=O)/C=C/c3ccc(Cl)cc3)(C2)C1. The molecule has 6 aliphatic rings. The van der Waals surface area contributed by atoms with Crippen molar-refractivity contribution in [3.8, 4) is 5.75 Å². The molecule has 1 aliphatic carbocycles. The topological polar surface area (TPSA) is 185 Å². The van der Waals surface area contributed by atoms with Gasteiger partial charge in [-0.3, -0.25) is 24.1 Å².